The van der Waals surface area contributed by atoms with Gasteiger partial charge in [0.25, 0.3) is 10.0 Å². The molecule has 3 aromatic rings. The largest absolute Gasteiger partial charge is 0.435 e. The van der Waals surface area contributed by atoms with Crippen LogP contribution in [0.25, 0.3) is 11.1 Å². The van der Waals surface area contributed by atoms with E-state index in [0.29, 0.717) is 37.8 Å². The van der Waals surface area contributed by atoms with Crippen LogP contribution < -0.4 is 13.9 Å². The van der Waals surface area contributed by atoms with Crippen LogP contribution in [-0.2, 0) is 20.9 Å². The monoisotopic (exact) mass is 586 g/mol. The Kier molecular flexibility index (Phi) is 7.15. The van der Waals surface area contributed by atoms with Crippen LogP contribution in [0.5, 0.6) is 5.75 Å². The lowest BCUT2D eigenvalue weighted by molar-refractivity contribution is -0.137. The number of alkyl halides is 5. The summed E-state index contributed by atoms with van der Waals surface area (Å²) in [4.78, 5) is 1.40. The molecular formula is C27H24F6N2O4S. The number of sulfonamides is 1. The molecule has 2 heterocycles. The SMILES string of the molecule is CN1c2ccc(-c3cc(F)cc(OC(F)F)c3)cc2N(S(=O)(=O)c2cccc(C(F)(F)F)c2)CC12CCOCC2. The lowest BCUT2D eigenvalue weighted by atomic mass is 9.85. The van der Waals surface area contributed by atoms with Crippen LogP contribution in [0, 0.1) is 5.82 Å². The van der Waals surface area contributed by atoms with Gasteiger partial charge in [-0.3, -0.25) is 4.31 Å². The molecular weight excluding hydrogens is 562 g/mol. The second-order valence-corrected chi connectivity index (χ2v) is 11.6. The van der Waals surface area contributed by atoms with E-state index >= 15 is 0 Å². The number of halogens is 6. The zero-order valence-corrected chi connectivity index (χ0v) is 21.9. The predicted octanol–water partition coefficient (Wildman–Crippen LogP) is 6.31. The first-order chi connectivity index (χ1) is 18.8. The van der Waals surface area contributed by atoms with Gasteiger partial charge in [-0.25, -0.2) is 12.8 Å². The van der Waals surface area contributed by atoms with Gasteiger partial charge in [0, 0.05) is 26.3 Å². The summed E-state index contributed by atoms with van der Waals surface area (Å²) < 4.78 is 119. The van der Waals surface area contributed by atoms with Crippen molar-refractivity contribution >= 4 is 21.4 Å². The minimum atomic E-state index is -4.75. The normalized spacial score (nSPS) is 17.3. The fourth-order valence-corrected chi connectivity index (χ4v) is 6.82. The molecule has 0 unspecified atom stereocenters. The molecule has 0 atom stereocenters. The number of rotatable bonds is 5. The molecule has 5 rings (SSSR count). The average molecular weight is 587 g/mol. The minimum Gasteiger partial charge on any atom is -0.435 e. The predicted molar refractivity (Wildman–Crippen MR) is 136 cm³/mol. The summed E-state index contributed by atoms with van der Waals surface area (Å²) in [5, 5.41) is 0. The van der Waals surface area contributed by atoms with Gasteiger partial charge in [0.15, 0.2) is 0 Å². The quantitative estimate of drug-likeness (QED) is 0.328. The smallest absolute Gasteiger partial charge is 0.416 e. The van der Waals surface area contributed by atoms with E-state index in [0.717, 1.165) is 34.6 Å². The molecule has 13 heteroatoms. The van der Waals surface area contributed by atoms with Crippen LogP contribution in [0.15, 0.2) is 65.6 Å². The standard InChI is InChI=1S/C27H24F6N2O4S/c1-34-23-6-5-17(18-11-20(28)15-21(12-18)39-25(29)30)13-24(23)35(16-26(34)7-9-38-10-8-26)40(36,37)22-4-2-3-19(14-22)27(31,32)33/h2-6,11-15,25H,7-10,16H2,1H3. The van der Waals surface area contributed by atoms with Crippen molar-refractivity contribution in [1.29, 1.82) is 0 Å². The van der Waals surface area contributed by atoms with E-state index in [-0.39, 0.29) is 23.4 Å². The van der Waals surface area contributed by atoms with E-state index in [1.807, 2.05) is 4.90 Å². The van der Waals surface area contributed by atoms with Gasteiger partial charge in [-0.1, -0.05) is 12.1 Å². The number of nitrogens with zero attached hydrogens (tertiary/aromatic N) is 2. The first kappa shape index (κ1) is 28.1. The molecule has 0 aromatic heterocycles. The van der Waals surface area contributed by atoms with Crippen molar-refractivity contribution in [2.75, 3.05) is 36.0 Å². The number of anilines is 2. The van der Waals surface area contributed by atoms with Crippen molar-refractivity contribution in [1.82, 2.24) is 0 Å². The van der Waals surface area contributed by atoms with Crippen molar-refractivity contribution in [3.63, 3.8) is 0 Å². The highest BCUT2D eigenvalue weighted by Crippen LogP contribution is 2.47. The maximum absolute atomic E-state index is 14.3. The van der Waals surface area contributed by atoms with E-state index in [4.69, 9.17) is 4.74 Å². The van der Waals surface area contributed by atoms with Crippen LogP contribution >= 0.6 is 0 Å². The molecule has 0 aliphatic carbocycles. The molecule has 2 aliphatic rings. The molecule has 3 aromatic carbocycles. The fourth-order valence-electron chi connectivity index (χ4n) is 5.22. The van der Waals surface area contributed by atoms with E-state index in [9.17, 15) is 34.8 Å². The van der Waals surface area contributed by atoms with Crippen LogP contribution in [-0.4, -0.2) is 47.4 Å². The van der Waals surface area contributed by atoms with Gasteiger partial charge in [-0.2, -0.15) is 22.0 Å². The Balaban J connectivity index is 1.66. The average Bonchev–Trinajstić information content (AvgIpc) is 2.90. The van der Waals surface area contributed by atoms with Gasteiger partial charge in [0.05, 0.1) is 33.9 Å². The molecule has 0 radical (unpaired) electrons. The zero-order valence-electron chi connectivity index (χ0n) is 21.1. The van der Waals surface area contributed by atoms with Crippen molar-refractivity contribution in [3.8, 4) is 16.9 Å². The van der Waals surface area contributed by atoms with E-state index in [2.05, 4.69) is 4.74 Å². The zero-order chi connectivity index (χ0) is 28.9. The molecule has 0 saturated carbocycles. The van der Waals surface area contributed by atoms with Gasteiger partial charge >= 0.3 is 12.8 Å². The minimum absolute atomic E-state index is 0.0786. The van der Waals surface area contributed by atoms with Crippen molar-refractivity contribution in [2.45, 2.75) is 36.1 Å². The maximum atomic E-state index is 14.3. The summed E-state index contributed by atoms with van der Waals surface area (Å²) >= 11 is 0. The molecule has 0 N–H and O–H groups in total. The summed E-state index contributed by atoms with van der Waals surface area (Å²) in [5.41, 5.74) is -0.743. The molecule has 1 spiro atoms. The molecule has 1 saturated heterocycles. The van der Waals surface area contributed by atoms with Gasteiger partial charge in [-0.15, -0.1) is 0 Å². The highest BCUT2D eigenvalue weighted by molar-refractivity contribution is 7.92. The van der Waals surface area contributed by atoms with Crippen LogP contribution in [0.2, 0.25) is 0 Å². The molecule has 0 bridgehead atoms. The second-order valence-electron chi connectivity index (χ2n) is 9.69. The molecule has 40 heavy (non-hydrogen) atoms. The highest BCUT2D eigenvalue weighted by atomic mass is 32.2. The van der Waals surface area contributed by atoms with E-state index in [1.54, 1.807) is 19.2 Å². The van der Waals surface area contributed by atoms with Gasteiger partial charge in [0.2, 0.25) is 0 Å². The van der Waals surface area contributed by atoms with Gasteiger partial charge in [-0.05, 0) is 66.4 Å². The molecule has 214 valence electrons. The number of likely N-dealkylation sites (N-methyl/N-ethyl adjacent to an activating group) is 1. The van der Waals surface area contributed by atoms with Crippen molar-refractivity contribution in [2.24, 2.45) is 0 Å². The number of hydrogen-bond acceptors (Lipinski definition) is 5. The Hall–Kier alpha value is -3.45. The highest BCUT2D eigenvalue weighted by Gasteiger charge is 2.47. The summed E-state index contributed by atoms with van der Waals surface area (Å²) in [6.45, 7) is -2.53. The van der Waals surface area contributed by atoms with Crippen molar-refractivity contribution in [3.05, 3.63) is 72.0 Å². The Morgan fingerprint density at radius 3 is 2.35 bits per heavy atom. The van der Waals surface area contributed by atoms with E-state index < -0.39 is 50.4 Å². The van der Waals surface area contributed by atoms with Crippen molar-refractivity contribution < 1.29 is 44.2 Å². The number of hydrogen-bond donors (Lipinski definition) is 0. The Morgan fingerprint density at radius 1 is 0.950 bits per heavy atom. The molecule has 0 amide bonds. The first-order valence-corrected chi connectivity index (χ1v) is 13.7. The van der Waals surface area contributed by atoms with Gasteiger partial charge < -0.3 is 14.4 Å². The number of fused-ring (bicyclic) bond motifs is 1. The lowest BCUT2D eigenvalue weighted by Gasteiger charge is -2.52. The Bertz CT molecular complexity index is 1520. The summed E-state index contributed by atoms with van der Waals surface area (Å²) in [6, 6.07) is 11.2. The second kappa shape index (κ2) is 10.2. The third-order valence-corrected chi connectivity index (χ3v) is 9.11. The summed E-state index contributed by atoms with van der Waals surface area (Å²) in [6.07, 6.45) is -3.81. The summed E-state index contributed by atoms with van der Waals surface area (Å²) in [7, 11) is -2.72. The Morgan fingerprint density at radius 2 is 1.68 bits per heavy atom. The van der Waals surface area contributed by atoms with Gasteiger partial charge in [0.1, 0.15) is 11.6 Å². The van der Waals surface area contributed by atoms with Crippen LogP contribution in [0.3, 0.4) is 0 Å². The number of benzene rings is 3. The van der Waals surface area contributed by atoms with E-state index in [1.165, 1.54) is 12.1 Å². The topological polar surface area (TPSA) is 59.1 Å². The Labute approximate surface area is 226 Å². The summed E-state index contributed by atoms with van der Waals surface area (Å²) in [5.74, 6) is -1.27. The fraction of sp³-hybridized carbons (Fsp3) is 0.333. The third-order valence-electron chi connectivity index (χ3n) is 7.36. The lowest BCUT2D eigenvalue weighted by Crippen LogP contribution is -2.61. The van der Waals surface area contributed by atoms with Crippen LogP contribution in [0.1, 0.15) is 18.4 Å². The maximum Gasteiger partial charge on any atom is 0.416 e. The molecule has 6 nitrogen and oxygen atoms in total. The molecule has 1 fully saturated rings. The van der Waals surface area contributed by atoms with Crippen LogP contribution in [0.4, 0.5) is 37.7 Å². The number of ether oxygens (including phenoxy) is 2. The third kappa shape index (κ3) is 5.19. The first-order valence-electron chi connectivity index (χ1n) is 12.2. The molecule has 2 aliphatic heterocycles.